The van der Waals surface area contributed by atoms with Crippen LogP contribution in [-0.4, -0.2) is 15.4 Å². The van der Waals surface area contributed by atoms with Crippen LogP contribution >= 0.6 is 15.9 Å². The Morgan fingerprint density at radius 1 is 1.10 bits per heavy atom. The lowest BCUT2D eigenvalue weighted by molar-refractivity contribution is 0.435. The zero-order valence-electron chi connectivity index (χ0n) is 11.6. The van der Waals surface area contributed by atoms with Gasteiger partial charge in [0.25, 0.3) is 0 Å². The predicted octanol–water partition coefficient (Wildman–Crippen LogP) is 3.76. The van der Waals surface area contributed by atoms with Crippen molar-refractivity contribution in [3.63, 3.8) is 0 Å². The first-order valence-corrected chi connectivity index (χ1v) is 7.18. The molecule has 0 aliphatic rings. The molecule has 2 N–H and O–H groups in total. The lowest BCUT2D eigenvalue weighted by Gasteiger charge is -2.05. The molecular formula is C15H13BrN4O. The Bertz CT molecular complexity index is 796. The fourth-order valence-corrected chi connectivity index (χ4v) is 2.43. The zero-order valence-corrected chi connectivity index (χ0v) is 13.2. The topological polar surface area (TPSA) is 77.8 Å². The van der Waals surface area contributed by atoms with Gasteiger partial charge in [-0.15, -0.1) is 0 Å². The Morgan fingerprint density at radius 3 is 2.52 bits per heavy atom. The van der Waals surface area contributed by atoms with Crippen molar-refractivity contribution in [3.05, 3.63) is 46.2 Å². The molecule has 5 nitrogen and oxygen atoms in total. The van der Waals surface area contributed by atoms with Gasteiger partial charge in [-0.05, 0) is 37.6 Å². The van der Waals surface area contributed by atoms with Gasteiger partial charge in [-0.3, -0.25) is 0 Å². The highest BCUT2D eigenvalue weighted by Gasteiger charge is 2.20. The summed E-state index contributed by atoms with van der Waals surface area (Å²) in [7, 11) is 0. The molecule has 0 aliphatic heterocycles. The van der Waals surface area contributed by atoms with Crippen LogP contribution in [0.15, 0.2) is 39.3 Å². The van der Waals surface area contributed by atoms with Gasteiger partial charge in [0.15, 0.2) is 11.6 Å². The molecule has 0 unspecified atom stereocenters. The van der Waals surface area contributed by atoms with Crippen molar-refractivity contribution < 1.29 is 4.52 Å². The van der Waals surface area contributed by atoms with E-state index in [1.165, 1.54) is 0 Å². The van der Waals surface area contributed by atoms with E-state index in [9.17, 15) is 0 Å². The summed E-state index contributed by atoms with van der Waals surface area (Å²) in [5, 5.41) is 12.1. The van der Waals surface area contributed by atoms with Crippen LogP contribution in [0.2, 0.25) is 0 Å². The van der Waals surface area contributed by atoms with Crippen LogP contribution in [0.5, 0.6) is 0 Å². The van der Waals surface area contributed by atoms with Crippen LogP contribution in [0.3, 0.4) is 0 Å². The first-order valence-electron chi connectivity index (χ1n) is 6.38. The second kappa shape index (κ2) is 5.29. The molecule has 0 bridgehead atoms. The second-order valence-corrected chi connectivity index (χ2v) is 5.68. The molecule has 2 aromatic heterocycles. The Balaban J connectivity index is 2.21. The van der Waals surface area contributed by atoms with Crippen LogP contribution in [0.1, 0.15) is 11.4 Å². The first-order chi connectivity index (χ1) is 10.1. The third-order valence-electron chi connectivity index (χ3n) is 3.20. The van der Waals surface area contributed by atoms with Gasteiger partial charge in [-0.25, -0.2) is 0 Å². The van der Waals surface area contributed by atoms with Gasteiger partial charge in [0.05, 0.1) is 17.0 Å². The molecule has 0 saturated carbocycles. The number of anilines is 1. The fraction of sp³-hybridized carbons (Fsp3) is 0.133. The summed E-state index contributed by atoms with van der Waals surface area (Å²) in [6.45, 7) is 3.76. The second-order valence-electron chi connectivity index (χ2n) is 4.76. The third-order valence-corrected chi connectivity index (χ3v) is 3.73. The molecule has 0 atom stereocenters. The molecule has 6 heteroatoms. The quantitative estimate of drug-likeness (QED) is 0.765. The standard InChI is InChI=1S/C15H13BrN4O/c1-8-7-12(9(2)19-18-8)14-13(15(17)20-21-14)10-3-5-11(16)6-4-10/h3-7H,1-2H3,(H2,17,20). The van der Waals surface area contributed by atoms with Gasteiger partial charge < -0.3 is 10.3 Å². The minimum absolute atomic E-state index is 0.362. The van der Waals surface area contributed by atoms with Crippen LogP contribution in [0.4, 0.5) is 5.82 Å². The highest BCUT2D eigenvalue weighted by Crippen LogP contribution is 2.37. The van der Waals surface area contributed by atoms with Gasteiger partial charge >= 0.3 is 0 Å². The Kier molecular flexibility index (Phi) is 3.47. The Morgan fingerprint density at radius 2 is 1.81 bits per heavy atom. The number of nitrogen functional groups attached to an aromatic ring is 1. The first kappa shape index (κ1) is 13.8. The predicted molar refractivity (Wildman–Crippen MR) is 84.6 cm³/mol. The summed E-state index contributed by atoms with van der Waals surface area (Å²) in [6.07, 6.45) is 0. The van der Waals surface area contributed by atoms with Gasteiger partial charge in [0.2, 0.25) is 0 Å². The number of aromatic nitrogens is 3. The van der Waals surface area contributed by atoms with Crippen molar-refractivity contribution in [1.29, 1.82) is 0 Å². The maximum Gasteiger partial charge on any atom is 0.178 e. The molecule has 0 spiro atoms. The van der Waals surface area contributed by atoms with Gasteiger partial charge in [0, 0.05) is 10.0 Å². The average molecular weight is 345 g/mol. The van der Waals surface area contributed by atoms with Crippen LogP contribution in [0.25, 0.3) is 22.5 Å². The van der Waals surface area contributed by atoms with E-state index in [1.807, 2.05) is 44.2 Å². The minimum Gasteiger partial charge on any atom is -0.380 e. The van der Waals surface area contributed by atoms with E-state index in [2.05, 4.69) is 31.3 Å². The van der Waals surface area contributed by atoms with E-state index in [0.29, 0.717) is 11.6 Å². The number of nitrogens with zero attached hydrogens (tertiary/aromatic N) is 3. The van der Waals surface area contributed by atoms with Crippen molar-refractivity contribution in [2.24, 2.45) is 0 Å². The minimum atomic E-state index is 0.362. The smallest absolute Gasteiger partial charge is 0.178 e. The average Bonchev–Trinajstić information content (AvgIpc) is 2.84. The molecule has 0 saturated heterocycles. The molecule has 0 fully saturated rings. The number of nitrogens with two attached hydrogens (primary N) is 1. The summed E-state index contributed by atoms with van der Waals surface area (Å²) >= 11 is 3.42. The SMILES string of the molecule is Cc1cc(-c2onc(N)c2-c2ccc(Br)cc2)c(C)nn1. The highest BCUT2D eigenvalue weighted by atomic mass is 79.9. The lowest BCUT2D eigenvalue weighted by Crippen LogP contribution is -1.95. The van der Waals surface area contributed by atoms with E-state index in [0.717, 1.165) is 32.6 Å². The molecular weight excluding hydrogens is 332 g/mol. The maximum atomic E-state index is 5.98. The molecule has 2 heterocycles. The number of benzene rings is 1. The number of aryl methyl sites for hydroxylation is 2. The van der Waals surface area contributed by atoms with E-state index in [-0.39, 0.29) is 0 Å². The monoisotopic (exact) mass is 344 g/mol. The summed E-state index contributed by atoms with van der Waals surface area (Å²) in [6, 6.07) is 9.76. The van der Waals surface area contributed by atoms with E-state index in [4.69, 9.17) is 10.3 Å². The lowest BCUT2D eigenvalue weighted by atomic mass is 10.0. The van der Waals surface area contributed by atoms with E-state index in [1.54, 1.807) is 0 Å². The molecule has 21 heavy (non-hydrogen) atoms. The van der Waals surface area contributed by atoms with Gasteiger partial charge in [-0.2, -0.15) is 10.2 Å². The van der Waals surface area contributed by atoms with Crippen molar-refractivity contribution in [2.75, 3.05) is 5.73 Å². The molecule has 106 valence electrons. The van der Waals surface area contributed by atoms with E-state index >= 15 is 0 Å². The number of hydrogen-bond acceptors (Lipinski definition) is 5. The number of rotatable bonds is 2. The normalized spacial score (nSPS) is 10.8. The molecule has 3 aromatic rings. The Hall–Kier alpha value is -2.21. The summed E-state index contributed by atoms with van der Waals surface area (Å²) in [5.74, 6) is 0.978. The summed E-state index contributed by atoms with van der Waals surface area (Å²) in [4.78, 5) is 0. The summed E-state index contributed by atoms with van der Waals surface area (Å²) < 4.78 is 6.45. The molecule has 0 amide bonds. The summed E-state index contributed by atoms with van der Waals surface area (Å²) in [5.41, 5.74) is 10.1. The van der Waals surface area contributed by atoms with Crippen molar-refractivity contribution in [3.8, 4) is 22.5 Å². The van der Waals surface area contributed by atoms with Crippen LogP contribution < -0.4 is 5.73 Å². The highest BCUT2D eigenvalue weighted by molar-refractivity contribution is 9.10. The van der Waals surface area contributed by atoms with E-state index < -0.39 is 0 Å². The van der Waals surface area contributed by atoms with Crippen molar-refractivity contribution in [2.45, 2.75) is 13.8 Å². The zero-order chi connectivity index (χ0) is 15.0. The molecule has 0 aliphatic carbocycles. The van der Waals surface area contributed by atoms with Crippen molar-refractivity contribution in [1.82, 2.24) is 15.4 Å². The fourth-order valence-electron chi connectivity index (χ4n) is 2.16. The van der Waals surface area contributed by atoms with Crippen molar-refractivity contribution >= 4 is 21.7 Å². The van der Waals surface area contributed by atoms with Crippen LogP contribution in [0, 0.1) is 13.8 Å². The maximum absolute atomic E-state index is 5.98. The van der Waals surface area contributed by atoms with Gasteiger partial charge in [0.1, 0.15) is 0 Å². The Labute approximate surface area is 130 Å². The largest absolute Gasteiger partial charge is 0.380 e. The number of halogens is 1. The van der Waals surface area contributed by atoms with Crippen LogP contribution in [-0.2, 0) is 0 Å². The van der Waals surface area contributed by atoms with Gasteiger partial charge in [-0.1, -0.05) is 33.2 Å². The molecule has 0 radical (unpaired) electrons. The molecule has 3 rings (SSSR count). The third kappa shape index (κ3) is 2.54. The molecule has 1 aromatic carbocycles. The number of hydrogen-bond donors (Lipinski definition) is 1.